The van der Waals surface area contributed by atoms with Gasteiger partial charge in [0.05, 0.1) is 19.7 Å². The molecule has 1 N–H and O–H groups in total. The second-order valence-corrected chi connectivity index (χ2v) is 4.32. The Morgan fingerprint density at radius 2 is 2.19 bits per heavy atom. The van der Waals surface area contributed by atoms with E-state index in [0.717, 1.165) is 0 Å². The lowest BCUT2D eigenvalue weighted by Crippen LogP contribution is -2.37. The summed E-state index contributed by atoms with van der Waals surface area (Å²) in [5.74, 6) is -1.17. The monoisotopic (exact) mass is 294 g/mol. The van der Waals surface area contributed by atoms with Crippen LogP contribution in [0.5, 0.6) is 0 Å². The third kappa shape index (κ3) is 6.67. The molecular weight excluding hydrogens is 275 g/mol. The summed E-state index contributed by atoms with van der Waals surface area (Å²) < 4.78 is 17.9. The highest BCUT2D eigenvalue weighted by molar-refractivity contribution is 5.92. The van der Waals surface area contributed by atoms with Crippen LogP contribution in [-0.4, -0.2) is 43.0 Å². The maximum atomic E-state index is 13.0. The minimum atomic E-state index is -0.428. The van der Waals surface area contributed by atoms with Gasteiger partial charge in [0.2, 0.25) is 5.91 Å². The number of carbonyl (C=O) groups is 2. The number of anilines is 1. The summed E-state index contributed by atoms with van der Waals surface area (Å²) in [6.07, 6.45) is 1.59. The zero-order valence-electron chi connectivity index (χ0n) is 12.0. The van der Waals surface area contributed by atoms with Crippen molar-refractivity contribution in [1.82, 2.24) is 4.90 Å². The smallest absolute Gasteiger partial charge is 0.320 e. The van der Waals surface area contributed by atoms with Crippen LogP contribution in [0.2, 0.25) is 0 Å². The van der Waals surface area contributed by atoms with Crippen molar-refractivity contribution in [2.75, 3.05) is 31.6 Å². The van der Waals surface area contributed by atoms with Crippen LogP contribution in [0.1, 0.15) is 6.92 Å². The van der Waals surface area contributed by atoms with Crippen LogP contribution in [0.15, 0.2) is 36.9 Å². The number of amides is 1. The van der Waals surface area contributed by atoms with Crippen LogP contribution in [0, 0.1) is 5.82 Å². The molecule has 0 saturated carbocycles. The quantitative estimate of drug-likeness (QED) is 0.587. The highest BCUT2D eigenvalue weighted by Crippen LogP contribution is 2.09. The molecule has 0 aliphatic heterocycles. The minimum absolute atomic E-state index is 0.00354. The second kappa shape index (κ2) is 8.86. The van der Waals surface area contributed by atoms with Gasteiger partial charge in [-0.3, -0.25) is 14.5 Å². The fourth-order valence-corrected chi connectivity index (χ4v) is 1.73. The molecule has 0 radical (unpaired) electrons. The molecule has 0 saturated heterocycles. The molecule has 1 rings (SSSR count). The molecule has 5 nitrogen and oxygen atoms in total. The van der Waals surface area contributed by atoms with Crippen LogP contribution < -0.4 is 5.32 Å². The van der Waals surface area contributed by atoms with Crippen molar-refractivity contribution < 1.29 is 18.7 Å². The van der Waals surface area contributed by atoms with Gasteiger partial charge in [0.1, 0.15) is 5.82 Å². The Balaban J connectivity index is 2.55. The van der Waals surface area contributed by atoms with Gasteiger partial charge in [0, 0.05) is 12.2 Å². The van der Waals surface area contributed by atoms with Gasteiger partial charge in [0.15, 0.2) is 0 Å². The molecule has 0 spiro atoms. The molecule has 6 heteroatoms. The Hall–Kier alpha value is -2.21. The zero-order valence-corrected chi connectivity index (χ0v) is 12.0. The summed E-state index contributed by atoms with van der Waals surface area (Å²) in [4.78, 5) is 24.9. The fraction of sp³-hybridized carbons (Fsp3) is 0.333. The van der Waals surface area contributed by atoms with Crippen molar-refractivity contribution in [3.05, 3.63) is 42.7 Å². The summed E-state index contributed by atoms with van der Waals surface area (Å²) in [7, 11) is 0. The predicted molar refractivity (Wildman–Crippen MR) is 78.3 cm³/mol. The summed E-state index contributed by atoms with van der Waals surface area (Å²) in [6.45, 7) is 5.94. The summed E-state index contributed by atoms with van der Waals surface area (Å²) in [5.41, 5.74) is 0.370. The van der Waals surface area contributed by atoms with E-state index in [-0.39, 0.29) is 25.6 Å². The number of ether oxygens (including phenoxy) is 1. The number of halogens is 1. The topological polar surface area (TPSA) is 58.6 Å². The van der Waals surface area contributed by atoms with E-state index in [2.05, 4.69) is 11.9 Å². The summed E-state index contributed by atoms with van der Waals surface area (Å²) in [6, 6.07) is 5.61. The Labute approximate surface area is 123 Å². The number of benzene rings is 1. The van der Waals surface area contributed by atoms with Gasteiger partial charge in [0.25, 0.3) is 0 Å². The molecule has 0 aromatic heterocycles. The molecule has 1 aromatic rings. The number of nitrogens with one attached hydrogen (secondary N) is 1. The van der Waals surface area contributed by atoms with Crippen molar-refractivity contribution in [2.24, 2.45) is 0 Å². The molecule has 0 heterocycles. The Morgan fingerprint density at radius 1 is 1.43 bits per heavy atom. The van der Waals surface area contributed by atoms with E-state index in [0.29, 0.717) is 12.2 Å². The number of hydrogen-bond donors (Lipinski definition) is 1. The molecular formula is C15H19FN2O3. The first-order valence-electron chi connectivity index (χ1n) is 6.59. The van der Waals surface area contributed by atoms with Crippen LogP contribution >= 0.6 is 0 Å². The molecule has 0 fully saturated rings. The maximum absolute atomic E-state index is 13.0. The summed E-state index contributed by atoms with van der Waals surface area (Å²) in [5, 5.41) is 2.57. The third-order valence-electron chi connectivity index (χ3n) is 2.52. The van der Waals surface area contributed by atoms with Gasteiger partial charge in [-0.15, -0.1) is 6.58 Å². The number of hydrogen-bond acceptors (Lipinski definition) is 4. The SMILES string of the molecule is C=CCN(CC(=O)Nc1cccc(F)c1)CC(=O)OCC. The molecule has 114 valence electrons. The number of nitrogens with zero attached hydrogens (tertiary/aromatic N) is 1. The van der Waals surface area contributed by atoms with E-state index in [1.165, 1.54) is 18.2 Å². The summed E-state index contributed by atoms with van der Waals surface area (Å²) >= 11 is 0. The van der Waals surface area contributed by atoms with Gasteiger partial charge in [-0.1, -0.05) is 12.1 Å². The van der Waals surface area contributed by atoms with Crippen molar-refractivity contribution in [1.29, 1.82) is 0 Å². The molecule has 1 amide bonds. The normalized spacial score (nSPS) is 10.2. The van der Waals surface area contributed by atoms with Crippen LogP contribution in [-0.2, 0) is 14.3 Å². The average Bonchev–Trinajstić information content (AvgIpc) is 2.38. The highest BCUT2D eigenvalue weighted by atomic mass is 19.1. The van der Waals surface area contributed by atoms with Crippen LogP contribution in [0.4, 0.5) is 10.1 Å². The van der Waals surface area contributed by atoms with Gasteiger partial charge >= 0.3 is 5.97 Å². The van der Waals surface area contributed by atoms with Gasteiger partial charge in [-0.2, -0.15) is 0 Å². The average molecular weight is 294 g/mol. The predicted octanol–water partition coefficient (Wildman–Crippen LogP) is 1.82. The molecule has 1 aromatic carbocycles. The fourth-order valence-electron chi connectivity index (χ4n) is 1.73. The Morgan fingerprint density at radius 3 is 2.81 bits per heavy atom. The standard InChI is InChI=1S/C15H19FN2O3/c1-3-8-18(11-15(20)21-4-2)10-14(19)17-13-7-5-6-12(16)9-13/h3,5-7,9H,1,4,8,10-11H2,2H3,(H,17,19). The molecule has 0 bridgehead atoms. The third-order valence-corrected chi connectivity index (χ3v) is 2.52. The minimum Gasteiger partial charge on any atom is -0.465 e. The first-order chi connectivity index (χ1) is 10.0. The number of carbonyl (C=O) groups excluding carboxylic acids is 2. The van der Waals surface area contributed by atoms with Crippen molar-refractivity contribution >= 4 is 17.6 Å². The largest absolute Gasteiger partial charge is 0.465 e. The number of rotatable bonds is 8. The van der Waals surface area contributed by atoms with Gasteiger partial charge < -0.3 is 10.1 Å². The molecule has 21 heavy (non-hydrogen) atoms. The van der Waals surface area contributed by atoms with Crippen molar-refractivity contribution in [2.45, 2.75) is 6.92 Å². The molecule has 0 aliphatic rings. The first kappa shape index (κ1) is 16.8. The molecule has 0 aliphatic carbocycles. The van der Waals surface area contributed by atoms with Crippen LogP contribution in [0.3, 0.4) is 0 Å². The van der Waals surface area contributed by atoms with Gasteiger partial charge in [-0.25, -0.2) is 4.39 Å². The number of esters is 1. The first-order valence-corrected chi connectivity index (χ1v) is 6.59. The lowest BCUT2D eigenvalue weighted by molar-refractivity contribution is -0.144. The van der Waals surface area contributed by atoms with E-state index in [1.807, 2.05) is 0 Å². The second-order valence-electron chi connectivity index (χ2n) is 4.32. The molecule has 0 unspecified atom stereocenters. The Kier molecular flexibility index (Phi) is 7.11. The van der Waals surface area contributed by atoms with Crippen molar-refractivity contribution in [3.8, 4) is 0 Å². The van der Waals surface area contributed by atoms with Crippen LogP contribution in [0.25, 0.3) is 0 Å². The van der Waals surface area contributed by atoms with E-state index in [9.17, 15) is 14.0 Å². The lowest BCUT2D eigenvalue weighted by atomic mass is 10.3. The van der Waals surface area contributed by atoms with E-state index < -0.39 is 11.8 Å². The highest BCUT2D eigenvalue weighted by Gasteiger charge is 2.14. The van der Waals surface area contributed by atoms with E-state index in [1.54, 1.807) is 24.0 Å². The maximum Gasteiger partial charge on any atom is 0.320 e. The van der Waals surface area contributed by atoms with Crippen molar-refractivity contribution in [3.63, 3.8) is 0 Å². The van der Waals surface area contributed by atoms with E-state index >= 15 is 0 Å². The Bertz CT molecular complexity index is 505. The van der Waals surface area contributed by atoms with Gasteiger partial charge in [-0.05, 0) is 25.1 Å². The lowest BCUT2D eigenvalue weighted by Gasteiger charge is -2.18. The zero-order chi connectivity index (χ0) is 15.7. The molecule has 0 atom stereocenters. The van der Waals surface area contributed by atoms with E-state index in [4.69, 9.17) is 4.74 Å².